The summed E-state index contributed by atoms with van der Waals surface area (Å²) < 4.78 is 0. The van der Waals surface area contributed by atoms with Crippen LogP contribution in [-0.4, -0.2) is 23.2 Å². The smallest absolute Gasteiger partial charge is 0.220 e. The topological polar surface area (TPSA) is 49.3 Å². The van der Waals surface area contributed by atoms with Crippen molar-refractivity contribution in [3.8, 4) is 0 Å². The van der Waals surface area contributed by atoms with Gasteiger partial charge in [-0.25, -0.2) is 0 Å². The van der Waals surface area contributed by atoms with Crippen LogP contribution in [0.1, 0.15) is 43.2 Å². The Hall–Kier alpha value is -1.35. The van der Waals surface area contributed by atoms with Gasteiger partial charge >= 0.3 is 0 Å². The summed E-state index contributed by atoms with van der Waals surface area (Å²) in [4.78, 5) is 11.8. The van der Waals surface area contributed by atoms with Crippen LogP contribution in [0.5, 0.6) is 0 Å². The molecule has 1 aromatic rings. The minimum absolute atomic E-state index is 0.0295. The highest BCUT2D eigenvalue weighted by molar-refractivity contribution is 5.76. The Balaban J connectivity index is 1.73. The molecular weight excluding hydrogens is 238 g/mol. The van der Waals surface area contributed by atoms with Crippen LogP contribution >= 0.6 is 0 Å². The molecule has 1 saturated carbocycles. The number of benzene rings is 1. The fourth-order valence-electron chi connectivity index (χ4n) is 2.69. The Kier molecular flexibility index (Phi) is 4.59. The number of aryl methyl sites for hydroxylation is 2. The van der Waals surface area contributed by atoms with Crippen molar-refractivity contribution >= 4 is 5.91 Å². The van der Waals surface area contributed by atoms with Gasteiger partial charge in [-0.05, 0) is 31.7 Å². The van der Waals surface area contributed by atoms with Crippen molar-refractivity contribution in [3.05, 3.63) is 35.4 Å². The lowest BCUT2D eigenvalue weighted by molar-refractivity contribution is -0.122. The van der Waals surface area contributed by atoms with Crippen molar-refractivity contribution in [2.45, 2.75) is 51.0 Å². The molecule has 0 aromatic heterocycles. The molecule has 1 aliphatic rings. The van der Waals surface area contributed by atoms with Crippen molar-refractivity contribution in [2.24, 2.45) is 0 Å². The maximum atomic E-state index is 11.8. The molecule has 19 heavy (non-hydrogen) atoms. The number of hydrogen-bond donors (Lipinski definition) is 2. The predicted octanol–water partition coefficient (Wildman–Crippen LogP) is 2.35. The van der Waals surface area contributed by atoms with Crippen molar-refractivity contribution in [3.63, 3.8) is 0 Å². The molecule has 0 atom stereocenters. The molecule has 1 aliphatic carbocycles. The number of carbonyl (C=O) groups is 1. The van der Waals surface area contributed by atoms with E-state index < -0.39 is 5.60 Å². The maximum absolute atomic E-state index is 11.8. The summed E-state index contributed by atoms with van der Waals surface area (Å²) in [5.41, 5.74) is 1.76. The van der Waals surface area contributed by atoms with E-state index in [1.165, 1.54) is 11.1 Å². The lowest BCUT2D eigenvalue weighted by Crippen LogP contribution is -2.40. The Morgan fingerprint density at radius 1 is 1.37 bits per heavy atom. The number of aliphatic hydroxyl groups is 1. The molecule has 0 unspecified atom stereocenters. The molecule has 104 valence electrons. The summed E-state index contributed by atoms with van der Waals surface area (Å²) in [5, 5.41) is 13.0. The molecule has 0 radical (unpaired) electrons. The highest BCUT2D eigenvalue weighted by Gasteiger charge is 2.31. The zero-order valence-corrected chi connectivity index (χ0v) is 11.6. The minimum Gasteiger partial charge on any atom is -0.388 e. The molecule has 3 heteroatoms. The van der Waals surface area contributed by atoms with Gasteiger partial charge in [-0.2, -0.15) is 0 Å². The Morgan fingerprint density at radius 2 is 2.11 bits per heavy atom. The minimum atomic E-state index is -0.654. The summed E-state index contributed by atoms with van der Waals surface area (Å²) >= 11 is 0. The van der Waals surface area contributed by atoms with E-state index >= 15 is 0 Å². The summed E-state index contributed by atoms with van der Waals surface area (Å²) in [6.07, 6.45) is 4.99. The van der Waals surface area contributed by atoms with Crippen LogP contribution in [0.4, 0.5) is 0 Å². The van der Waals surface area contributed by atoms with Crippen molar-refractivity contribution in [1.82, 2.24) is 5.32 Å². The average molecular weight is 261 g/mol. The number of hydrogen-bond acceptors (Lipinski definition) is 2. The second kappa shape index (κ2) is 6.20. The molecule has 0 bridgehead atoms. The number of nitrogens with one attached hydrogen (secondary N) is 1. The Labute approximate surface area is 115 Å². The monoisotopic (exact) mass is 261 g/mol. The molecule has 1 aromatic carbocycles. The number of amides is 1. The standard InChI is InChI=1S/C16H23NO2/c1-13-5-4-6-14(11-13)7-8-15(18)17-12-16(19)9-2-3-10-16/h4-6,11,19H,2-3,7-10,12H2,1H3,(H,17,18). The summed E-state index contributed by atoms with van der Waals surface area (Å²) in [7, 11) is 0. The average Bonchev–Trinajstić information content (AvgIpc) is 2.82. The summed E-state index contributed by atoms with van der Waals surface area (Å²) in [6.45, 7) is 2.46. The summed E-state index contributed by atoms with van der Waals surface area (Å²) in [6, 6.07) is 8.23. The zero-order chi connectivity index (χ0) is 13.7. The lowest BCUT2D eigenvalue weighted by atomic mass is 10.0. The largest absolute Gasteiger partial charge is 0.388 e. The van der Waals surface area contributed by atoms with Gasteiger partial charge in [0, 0.05) is 13.0 Å². The predicted molar refractivity (Wildman–Crippen MR) is 75.9 cm³/mol. The van der Waals surface area contributed by atoms with Crippen LogP contribution in [0, 0.1) is 6.92 Å². The van der Waals surface area contributed by atoms with E-state index in [4.69, 9.17) is 0 Å². The second-order valence-electron chi connectivity index (χ2n) is 5.70. The first-order chi connectivity index (χ1) is 9.07. The first-order valence-electron chi connectivity index (χ1n) is 7.12. The van der Waals surface area contributed by atoms with Gasteiger partial charge in [0.1, 0.15) is 0 Å². The van der Waals surface area contributed by atoms with Gasteiger partial charge in [-0.3, -0.25) is 4.79 Å². The van der Waals surface area contributed by atoms with Gasteiger partial charge in [-0.15, -0.1) is 0 Å². The quantitative estimate of drug-likeness (QED) is 0.854. The third kappa shape index (κ3) is 4.35. The third-order valence-corrected chi connectivity index (χ3v) is 3.87. The molecule has 2 rings (SSSR count). The normalized spacial score (nSPS) is 17.4. The van der Waals surface area contributed by atoms with Crippen LogP contribution in [0.2, 0.25) is 0 Å². The van der Waals surface area contributed by atoms with Gasteiger partial charge < -0.3 is 10.4 Å². The third-order valence-electron chi connectivity index (χ3n) is 3.87. The van der Waals surface area contributed by atoms with Crippen LogP contribution in [0.15, 0.2) is 24.3 Å². The van der Waals surface area contributed by atoms with Crippen LogP contribution < -0.4 is 5.32 Å². The molecule has 1 amide bonds. The van der Waals surface area contributed by atoms with Crippen LogP contribution in [-0.2, 0) is 11.2 Å². The van der Waals surface area contributed by atoms with E-state index in [0.29, 0.717) is 13.0 Å². The molecule has 0 spiro atoms. The van der Waals surface area contributed by atoms with E-state index in [1.54, 1.807) is 0 Å². The van der Waals surface area contributed by atoms with Crippen molar-refractivity contribution in [2.75, 3.05) is 6.54 Å². The fourth-order valence-corrected chi connectivity index (χ4v) is 2.69. The molecule has 3 nitrogen and oxygen atoms in total. The molecule has 0 aliphatic heterocycles. The van der Waals surface area contributed by atoms with Gasteiger partial charge in [-0.1, -0.05) is 42.7 Å². The zero-order valence-electron chi connectivity index (χ0n) is 11.6. The van der Waals surface area contributed by atoms with E-state index in [-0.39, 0.29) is 5.91 Å². The van der Waals surface area contributed by atoms with Crippen molar-refractivity contribution in [1.29, 1.82) is 0 Å². The van der Waals surface area contributed by atoms with E-state index in [0.717, 1.165) is 32.1 Å². The fraction of sp³-hybridized carbons (Fsp3) is 0.562. The SMILES string of the molecule is Cc1cccc(CCC(=O)NCC2(O)CCCC2)c1. The van der Waals surface area contributed by atoms with Gasteiger partial charge in [0.15, 0.2) is 0 Å². The van der Waals surface area contributed by atoms with E-state index in [9.17, 15) is 9.90 Å². The molecule has 0 heterocycles. The van der Waals surface area contributed by atoms with Gasteiger partial charge in [0.25, 0.3) is 0 Å². The first kappa shape index (κ1) is 14.1. The lowest BCUT2D eigenvalue weighted by Gasteiger charge is -2.22. The van der Waals surface area contributed by atoms with Crippen LogP contribution in [0.3, 0.4) is 0 Å². The number of carbonyl (C=O) groups excluding carboxylic acids is 1. The second-order valence-corrected chi connectivity index (χ2v) is 5.70. The van der Waals surface area contributed by atoms with Gasteiger partial charge in [0.05, 0.1) is 5.60 Å². The first-order valence-corrected chi connectivity index (χ1v) is 7.12. The van der Waals surface area contributed by atoms with E-state index in [1.807, 2.05) is 12.1 Å². The van der Waals surface area contributed by atoms with Crippen LogP contribution in [0.25, 0.3) is 0 Å². The highest BCUT2D eigenvalue weighted by Crippen LogP contribution is 2.28. The Bertz CT molecular complexity index is 436. The summed E-state index contributed by atoms with van der Waals surface area (Å²) in [5.74, 6) is 0.0295. The molecule has 1 fully saturated rings. The van der Waals surface area contributed by atoms with E-state index in [2.05, 4.69) is 24.4 Å². The molecule has 0 saturated heterocycles. The molecular formula is C16H23NO2. The Morgan fingerprint density at radius 3 is 2.79 bits per heavy atom. The highest BCUT2D eigenvalue weighted by atomic mass is 16.3. The van der Waals surface area contributed by atoms with Gasteiger partial charge in [0.2, 0.25) is 5.91 Å². The van der Waals surface area contributed by atoms with Crippen molar-refractivity contribution < 1.29 is 9.90 Å². The maximum Gasteiger partial charge on any atom is 0.220 e. The molecule has 2 N–H and O–H groups in total. The number of rotatable bonds is 5.